The van der Waals surface area contributed by atoms with Gasteiger partial charge in [0.1, 0.15) is 11.6 Å². The molecule has 0 unspecified atom stereocenters. The molecule has 6 nitrogen and oxygen atoms in total. The van der Waals surface area contributed by atoms with Crippen molar-refractivity contribution in [3.63, 3.8) is 0 Å². The molecular formula is C24H24N4O2S. The Kier molecular flexibility index (Phi) is 7.27. The first-order valence-electron chi connectivity index (χ1n) is 10.2. The van der Waals surface area contributed by atoms with Gasteiger partial charge in [0.05, 0.1) is 10.9 Å². The number of amides is 1. The van der Waals surface area contributed by atoms with Crippen molar-refractivity contribution >= 4 is 23.4 Å². The lowest BCUT2D eigenvalue weighted by atomic mass is 10.0. The van der Waals surface area contributed by atoms with Crippen LogP contribution in [0.1, 0.15) is 37.5 Å². The zero-order valence-corrected chi connectivity index (χ0v) is 18.5. The van der Waals surface area contributed by atoms with Gasteiger partial charge >= 0.3 is 0 Å². The summed E-state index contributed by atoms with van der Waals surface area (Å²) in [7, 11) is 0. The van der Waals surface area contributed by atoms with Gasteiger partial charge in [-0.1, -0.05) is 74.1 Å². The van der Waals surface area contributed by atoms with Crippen LogP contribution in [-0.4, -0.2) is 21.1 Å². The van der Waals surface area contributed by atoms with Crippen LogP contribution in [0.15, 0.2) is 58.5 Å². The number of nitrogens with zero attached hydrogens (tertiary/aromatic N) is 2. The Morgan fingerprint density at radius 3 is 2.35 bits per heavy atom. The van der Waals surface area contributed by atoms with Crippen LogP contribution in [0.5, 0.6) is 0 Å². The summed E-state index contributed by atoms with van der Waals surface area (Å²) in [6.07, 6.45) is 1.63. The maximum atomic E-state index is 12.9. The lowest BCUT2D eigenvalue weighted by Crippen LogP contribution is -2.25. The number of nitrogens with one attached hydrogen (secondary N) is 2. The third-order valence-electron chi connectivity index (χ3n) is 4.96. The van der Waals surface area contributed by atoms with Crippen molar-refractivity contribution in [1.29, 1.82) is 5.26 Å². The molecule has 0 saturated heterocycles. The molecule has 1 heterocycles. The number of H-pyrrole nitrogens is 1. The number of thioether (sulfide) groups is 1. The summed E-state index contributed by atoms with van der Waals surface area (Å²) in [6, 6.07) is 17.0. The van der Waals surface area contributed by atoms with E-state index in [4.69, 9.17) is 0 Å². The molecule has 31 heavy (non-hydrogen) atoms. The third kappa shape index (κ3) is 5.04. The van der Waals surface area contributed by atoms with Gasteiger partial charge in [0.25, 0.3) is 5.56 Å². The predicted octanol–water partition coefficient (Wildman–Crippen LogP) is 4.55. The first-order chi connectivity index (χ1) is 15.0. The number of aryl methyl sites for hydroxylation is 2. The summed E-state index contributed by atoms with van der Waals surface area (Å²) in [5, 5.41) is 12.2. The van der Waals surface area contributed by atoms with E-state index in [9.17, 15) is 14.9 Å². The second kappa shape index (κ2) is 10.1. The zero-order chi connectivity index (χ0) is 22.4. The fourth-order valence-electron chi connectivity index (χ4n) is 3.27. The van der Waals surface area contributed by atoms with E-state index in [-0.39, 0.29) is 11.5 Å². The highest BCUT2D eigenvalue weighted by molar-refractivity contribution is 8.00. The van der Waals surface area contributed by atoms with Crippen molar-refractivity contribution in [1.82, 2.24) is 9.97 Å². The number of para-hydroxylation sites is 1. The predicted molar refractivity (Wildman–Crippen MR) is 124 cm³/mol. The molecule has 0 saturated carbocycles. The van der Waals surface area contributed by atoms with Gasteiger partial charge in [-0.15, -0.1) is 0 Å². The molecule has 0 spiro atoms. The van der Waals surface area contributed by atoms with E-state index in [2.05, 4.69) is 29.1 Å². The van der Waals surface area contributed by atoms with Gasteiger partial charge in [0.2, 0.25) is 5.91 Å². The third-order valence-corrected chi connectivity index (χ3v) is 5.95. The molecule has 3 aromatic rings. The van der Waals surface area contributed by atoms with Crippen LogP contribution in [0, 0.1) is 11.3 Å². The van der Waals surface area contributed by atoms with E-state index in [1.54, 1.807) is 19.1 Å². The molecule has 0 fully saturated rings. The first kappa shape index (κ1) is 22.3. The summed E-state index contributed by atoms with van der Waals surface area (Å²) in [4.78, 5) is 32.5. The van der Waals surface area contributed by atoms with Crippen LogP contribution in [0.3, 0.4) is 0 Å². The number of hydrogen-bond acceptors (Lipinski definition) is 5. The highest BCUT2D eigenvalue weighted by atomic mass is 32.2. The van der Waals surface area contributed by atoms with Crippen LogP contribution in [-0.2, 0) is 17.6 Å². The SMILES string of the molecule is CCc1cccc(CC)c1NC(=O)[C@@H](C)Sc1nc(-c2ccccc2)c(C#N)c(=O)[nH]1. The molecule has 158 valence electrons. The number of nitriles is 1. The highest BCUT2D eigenvalue weighted by Gasteiger charge is 2.20. The Morgan fingerprint density at radius 2 is 1.77 bits per heavy atom. The molecule has 2 N–H and O–H groups in total. The smallest absolute Gasteiger partial charge is 0.270 e. The molecule has 0 aliphatic heterocycles. The van der Waals surface area contributed by atoms with Gasteiger partial charge < -0.3 is 10.3 Å². The lowest BCUT2D eigenvalue weighted by molar-refractivity contribution is -0.115. The summed E-state index contributed by atoms with van der Waals surface area (Å²) in [6.45, 7) is 5.87. The number of carbonyl (C=O) groups excluding carboxylic acids is 1. The monoisotopic (exact) mass is 432 g/mol. The maximum absolute atomic E-state index is 12.9. The maximum Gasteiger partial charge on any atom is 0.270 e. The van der Waals surface area contributed by atoms with E-state index in [1.165, 1.54) is 0 Å². The Labute approximate surface area is 185 Å². The number of carbonyl (C=O) groups is 1. The Bertz CT molecular complexity index is 1160. The van der Waals surface area contributed by atoms with Crippen molar-refractivity contribution in [2.45, 2.75) is 44.0 Å². The molecular weight excluding hydrogens is 408 g/mol. The van der Waals surface area contributed by atoms with Crippen LogP contribution in [0.2, 0.25) is 0 Å². The van der Waals surface area contributed by atoms with Gasteiger partial charge in [-0.25, -0.2) is 4.98 Å². The number of hydrogen-bond donors (Lipinski definition) is 2. The Hall–Kier alpha value is -3.37. The number of anilines is 1. The van der Waals surface area contributed by atoms with E-state index < -0.39 is 10.8 Å². The fraction of sp³-hybridized carbons (Fsp3) is 0.250. The van der Waals surface area contributed by atoms with Gasteiger partial charge in [-0.2, -0.15) is 5.26 Å². The molecule has 1 amide bonds. The van der Waals surface area contributed by atoms with Crippen molar-refractivity contribution in [2.24, 2.45) is 0 Å². The molecule has 7 heteroatoms. The Morgan fingerprint density at radius 1 is 1.13 bits per heavy atom. The zero-order valence-electron chi connectivity index (χ0n) is 17.7. The molecule has 2 aromatic carbocycles. The van der Waals surface area contributed by atoms with Crippen molar-refractivity contribution in [2.75, 3.05) is 5.32 Å². The fourth-order valence-corrected chi connectivity index (χ4v) is 4.06. The van der Waals surface area contributed by atoms with E-state index >= 15 is 0 Å². The minimum absolute atomic E-state index is 0.0443. The van der Waals surface area contributed by atoms with Crippen molar-refractivity contribution in [3.8, 4) is 17.3 Å². The first-order valence-corrected chi connectivity index (χ1v) is 11.0. The molecule has 1 atom stereocenters. The molecule has 0 aliphatic carbocycles. The average Bonchev–Trinajstić information content (AvgIpc) is 2.79. The number of aromatic nitrogens is 2. The minimum Gasteiger partial charge on any atom is -0.325 e. The largest absolute Gasteiger partial charge is 0.325 e. The topological polar surface area (TPSA) is 98.6 Å². The molecule has 3 rings (SSSR count). The average molecular weight is 433 g/mol. The van der Waals surface area contributed by atoms with Crippen LogP contribution in [0.25, 0.3) is 11.3 Å². The minimum atomic E-state index is -0.518. The Balaban J connectivity index is 1.87. The molecule has 0 radical (unpaired) electrons. The summed E-state index contributed by atoms with van der Waals surface area (Å²) in [5.74, 6) is -0.172. The number of benzene rings is 2. The van der Waals surface area contributed by atoms with E-state index in [0.717, 1.165) is 41.4 Å². The second-order valence-electron chi connectivity index (χ2n) is 6.98. The number of aromatic amines is 1. The normalized spacial score (nSPS) is 11.5. The number of rotatable bonds is 7. The van der Waals surface area contributed by atoms with Gasteiger partial charge in [0, 0.05) is 11.3 Å². The standard InChI is InChI=1S/C24H24N4O2S/c1-4-16-12-9-13-17(5-2)20(16)26-22(29)15(3)31-24-27-21(18-10-7-6-8-11-18)19(14-25)23(30)28-24/h6-13,15H,4-5H2,1-3H3,(H,26,29)(H,27,28,30)/t15-/m1/s1. The van der Waals surface area contributed by atoms with Gasteiger partial charge in [-0.3, -0.25) is 9.59 Å². The van der Waals surface area contributed by atoms with Crippen LogP contribution in [0.4, 0.5) is 5.69 Å². The van der Waals surface area contributed by atoms with Crippen molar-refractivity contribution in [3.05, 3.63) is 75.6 Å². The highest BCUT2D eigenvalue weighted by Crippen LogP contribution is 2.27. The lowest BCUT2D eigenvalue weighted by Gasteiger charge is -2.17. The van der Waals surface area contributed by atoms with Gasteiger partial charge in [-0.05, 0) is 30.9 Å². The van der Waals surface area contributed by atoms with Crippen LogP contribution >= 0.6 is 11.8 Å². The van der Waals surface area contributed by atoms with E-state index in [1.807, 2.05) is 42.5 Å². The molecule has 0 bridgehead atoms. The van der Waals surface area contributed by atoms with Crippen LogP contribution < -0.4 is 10.9 Å². The second-order valence-corrected chi connectivity index (χ2v) is 8.31. The quantitative estimate of drug-likeness (QED) is 0.421. The van der Waals surface area contributed by atoms with E-state index in [0.29, 0.717) is 16.4 Å². The van der Waals surface area contributed by atoms with Gasteiger partial charge in [0.15, 0.2) is 5.16 Å². The molecule has 1 aromatic heterocycles. The molecule has 0 aliphatic rings. The summed E-state index contributed by atoms with van der Waals surface area (Å²) >= 11 is 1.15. The van der Waals surface area contributed by atoms with Crippen molar-refractivity contribution < 1.29 is 4.79 Å². The summed E-state index contributed by atoms with van der Waals surface area (Å²) < 4.78 is 0. The summed E-state index contributed by atoms with van der Waals surface area (Å²) in [5.41, 5.74) is 3.45.